The predicted molar refractivity (Wildman–Crippen MR) is 284 cm³/mol. The van der Waals surface area contributed by atoms with Gasteiger partial charge in [-0.25, -0.2) is 27.2 Å². The minimum absolute atomic E-state index is 0.00546. The number of H-pyrrole nitrogens is 1. The molecule has 2 aliphatic rings. The quantitative estimate of drug-likeness (QED) is 0.0626. The molecule has 1 saturated heterocycles. The number of ether oxygens (including phenoxy) is 3. The van der Waals surface area contributed by atoms with Crippen LogP contribution in [0.15, 0.2) is 71.4 Å². The summed E-state index contributed by atoms with van der Waals surface area (Å²) in [6, 6.07) is 9.43. The Kier molecular flexibility index (Phi) is 17.3. The van der Waals surface area contributed by atoms with E-state index in [1.165, 1.54) is 26.5 Å². The van der Waals surface area contributed by atoms with Crippen LogP contribution in [0.5, 0.6) is 0 Å². The molecule has 8 rings (SSSR count). The van der Waals surface area contributed by atoms with E-state index in [4.69, 9.17) is 14.2 Å². The van der Waals surface area contributed by atoms with Crippen molar-refractivity contribution in [2.24, 2.45) is 12.5 Å². The number of likely N-dealkylation sites (tertiary alicyclic amines) is 1. The molecule has 0 saturated carbocycles. The Balaban J connectivity index is 0.795. The zero-order chi connectivity index (χ0) is 55.3. The summed E-state index contributed by atoms with van der Waals surface area (Å²) in [6.45, 7) is 7.44. The molecule has 20 nitrogen and oxygen atoms in total. The van der Waals surface area contributed by atoms with Crippen LogP contribution < -0.4 is 26.4 Å². The lowest BCUT2D eigenvalue weighted by atomic mass is 9.85. The van der Waals surface area contributed by atoms with Crippen LogP contribution in [0, 0.1) is 24.0 Å². The summed E-state index contributed by atoms with van der Waals surface area (Å²) in [5.74, 6) is -4.80. The van der Waals surface area contributed by atoms with Gasteiger partial charge in [-0.05, 0) is 46.7 Å². The number of carbonyl (C=O) groups is 4. The van der Waals surface area contributed by atoms with E-state index in [0.717, 1.165) is 34.2 Å². The summed E-state index contributed by atoms with van der Waals surface area (Å²) in [5.41, 5.74) is 5.64. The number of rotatable bonds is 21. The number of aryl methyl sites for hydroxylation is 2. The predicted octanol–water partition coefficient (Wildman–Crippen LogP) is 4.42. The molecule has 410 valence electrons. The van der Waals surface area contributed by atoms with E-state index in [2.05, 4.69) is 30.9 Å². The number of aliphatic hydroxyl groups is 1. The minimum atomic E-state index is -3.72. The van der Waals surface area contributed by atoms with Crippen molar-refractivity contribution in [2.75, 3.05) is 63.9 Å². The number of amides is 4. The first kappa shape index (κ1) is 56.2. The average Bonchev–Trinajstić information content (AvgIpc) is 4.17. The van der Waals surface area contributed by atoms with Crippen molar-refractivity contribution in [3.8, 4) is 21.6 Å². The molecule has 6 aromatic rings. The van der Waals surface area contributed by atoms with Crippen molar-refractivity contribution >= 4 is 67.2 Å². The van der Waals surface area contributed by atoms with Gasteiger partial charge in [-0.3, -0.25) is 24.0 Å². The second kappa shape index (κ2) is 23.7. The van der Waals surface area contributed by atoms with Crippen molar-refractivity contribution in [3.05, 3.63) is 117 Å². The molecule has 3 unspecified atom stereocenters. The van der Waals surface area contributed by atoms with Gasteiger partial charge in [0.15, 0.2) is 21.5 Å². The maximum absolute atomic E-state index is 15.5. The van der Waals surface area contributed by atoms with Gasteiger partial charge in [-0.15, -0.1) is 11.3 Å². The van der Waals surface area contributed by atoms with Crippen molar-refractivity contribution < 1.29 is 55.7 Å². The Hall–Kier alpha value is -6.96. The van der Waals surface area contributed by atoms with Crippen molar-refractivity contribution in [2.45, 2.75) is 71.1 Å². The van der Waals surface area contributed by atoms with Crippen LogP contribution in [0.3, 0.4) is 0 Å². The fraction of sp³-hybridized carbons (Fsp3) is 0.415. The highest BCUT2D eigenvalue weighted by molar-refractivity contribution is 7.89. The lowest BCUT2D eigenvalue weighted by molar-refractivity contribution is -0.144. The van der Waals surface area contributed by atoms with E-state index in [1.807, 2.05) is 31.2 Å². The molecule has 2 aliphatic heterocycles. The number of hydrogen-bond donors (Lipinski definition) is 5. The molecular weight excluding hydrogens is 1040 g/mol. The van der Waals surface area contributed by atoms with Gasteiger partial charge in [0, 0.05) is 79.9 Å². The number of thiazole rings is 1. The van der Waals surface area contributed by atoms with Gasteiger partial charge in [0.05, 0.1) is 79.4 Å². The largest absolute Gasteiger partial charge is 0.391 e. The molecule has 0 bridgehead atoms. The summed E-state index contributed by atoms with van der Waals surface area (Å²) < 4.78 is 73.2. The molecule has 0 radical (unpaired) electrons. The van der Waals surface area contributed by atoms with Crippen LogP contribution in [0.1, 0.15) is 59.9 Å². The van der Waals surface area contributed by atoms with E-state index in [1.54, 1.807) is 57.1 Å². The van der Waals surface area contributed by atoms with Crippen LogP contribution in [0.25, 0.3) is 32.5 Å². The molecule has 0 spiro atoms. The van der Waals surface area contributed by atoms with E-state index >= 15 is 4.39 Å². The first-order valence-electron chi connectivity index (χ1n) is 24.8. The van der Waals surface area contributed by atoms with Crippen LogP contribution in [-0.2, 0) is 64.3 Å². The van der Waals surface area contributed by atoms with Gasteiger partial charge in [0.2, 0.25) is 17.7 Å². The number of aromatic nitrogens is 4. The maximum Gasteiger partial charge on any atom is 0.274 e. The van der Waals surface area contributed by atoms with Crippen LogP contribution in [-0.4, -0.2) is 139 Å². The van der Waals surface area contributed by atoms with Gasteiger partial charge < -0.3 is 54.6 Å². The number of nitrogens with one attached hydrogen (secondary N) is 4. The Labute approximate surface area is 447 Å². The summed E-state index contributed by atoms with van der Waals surface area (Å²) in [6.07, 6.45) is 4.20. The SMILES string of the molecule is Cc1ncsc1-c1ccc(CNC(=O)C2CC(O)CN2C(=O)C(NC(=O)COCCOCCOCCNC(=O)c2cc3c(cc2CS(C)(=O)=O)-c2cn(C)c(=O)c4[nH]cc(c24)CN3c2ncc(F)cc2F)C(C)(C)C)cc1. The molecule has 6 heterocycles. The highest BCUT2D eigenvalue weighted by Gasteiger charge is 2.44. The topological polar surface area (TPSA) is 256 Å². The molecule has 4 aromatic heterocycles. The summed E-state index contributed by atoms with van der Waals surface area (Å²) in [7, 11) is -2.16. The number of aromatic amines is 1. The molecule has 0 aliphatic carbocycles. The number of aliphatic hydroxyl groups excluding tert-OH is 1. The number of sulfone groups is 1. The van der Waals surface area contributed by atoms with E-state index < -0.39 is 74.5 Å². The van der Waals surface area contributed by atoms with Gasteiger partial charge >= 0.3 is 0 Å². The molecule has 3 atom stereocenters. The Morgan fingerprint density at radius 3 is 2.36 bits per heavy atom. The molecule has 77 heavy (non-hydrogen) atoms. The maximum atomic E-state index is 15.5. The fourth-order valence-electron chi connectivity index (χ4n) is 9.42. The zero-order valence-corrected chi connectivity index (χ0v) is 45.0. The van der Waals surface area contributed by atoms with Gasteiger partial charge in [0.25, 0.3) is 11.5 Å². The smallest absolute Gasteiger partial charge is 0.274 e. The number of carbonyl (C=O) groups excluding carboxylic acids is 4. The summed E-state index contributed by atoms with van der Waals surface area (Å²) in [5, 5.41) is 19.5. The lowest BCUT2D eigenvalue weighted by Crippen LogP contribution is -2.58. The third-order valence-electron chi connectivity index (χ3n) is 13.1. The van der Waals surface area contributed by atoms with Crippen LogP contribution in [0.2, 0.25) is 0 Å². The Morgan fingerprint density at radius 1 is 0.974 bits per heavy atom. The minimum Gasteiger partial charge on any atom is -0.391 e. The third-order valence-corrected chi connectivity index (χ3v) is 15.0. The molecule has 2 aromatic carbocycles. The molecule has 5 N–H and O–H groups in total. The number of fused-ring (bicyclic) bond motifs is 2. The number of β-amino-alcohol motifs (C(OH)–C–C–N with tert-alkyl or cyclic N) is 1. The fourth-order valence-corrected chi connectivity index (χ4v) is 11.0. The standard InChI is InChI=1S/C53H61F2N9O11S2/c1-30-46(76-29-60-30)32-9-7-31(8-10-32)21-59-50(68)42-19-36(65)25-64(42)52(70)47(53(2,3)4)61-43(66)27-75-16-15-74-14-13-73-12-11-56-49(67)37-20-41-38(17-33(37)28-77(6,71)72)39-26-62(5)51(69)45-44(39)34(22-57-45)24-63(41)48-40(55)18-35(54)23-58-48/h7-10,17-18,20,22-23,26,29,36,42,47,57,65H,11-16,19,21,24-25,27-28H2,1-6H3,(H,56,67)(H,59,68)(H,61,66). The van der Waals surface area contributed by atoms with Crippen molar-refractivity contribution in [1.82, 2.24) is 40.4 Å². The third kappa shape index (κ3) is 13.2. The van der Waals surface area contributed by atoms with Crippen LogP contribution in [0.4, 0.5) is 20.3 Å². The number of halogens is 2. The number of anilines is 2. The molecule has 1 fully saturated rings. The normalized spacial score (nSPS) is 15.8. The molecular formula is C53H61F2N9O11S2. The van der Waals surface area contributed by atoms with Gasteiger partial charge in [0.1, 0.15) is 30.0 Å². The monoisotopic (exact) mass is 1100 g/mol. The zero-order valence-electron chi connectivity index (χ0n) is 43.4. The van der Waals surface area contributed by atoms with Crippen molar-refractivity contribution in [1.29, 1.82) is 0 Å². The molecule has 24 heteroatoms. The first-order valence-corrected chi connectivity index (χ1v) is 27.7. The number of hydrogen-bond acceptors (Lipinski definition) is 15. The summed E-state index contributed by atoms with van der Waals surface area (Å²) in [4.78, 5) is 82.8. The molecule has 4 amide bonds. The van der Waals surface area contributed by atoms with Crippen molar-refractivity contribution in [3.63, 3.8) is 0 Å². The van der Waals surface area contributed by atoms with E-state index in [9.17, 15) is 41.9 Å². The van der Waals surface area contributed by atoms with Gasteiger partial charge in [-0.2, -0.15) is 0 Å². The highest BCUT2D eigenvalue weighted by Crippen LogP contribution is 2.45. The Morgan fingerprint density at radius 2 is 1.69 bits per heavy atom. The van der Waals surface area contributed by atoms with Gasteiger partial charge in [-0.1, -0.05) is 45.0 Å². The highest BCUT2D eigenvalue weighted by atomic mass is 32.2. The number of pyridine rings is 2. The van der Waals surface area contributed by atoms with E-state index in [-0.39, 0.29) is 106 Å². The number of nitrogens with zero attached hydrogens (tertiary/aromatic N) is 5. The second-order valence-electron chi connectivity index (χ2n) is 20.1. The van der Waals surface area contributed by atoms with Crippen LogP contribution >= 0.6 is 11.3 Å². The Bertz CT molecular complexity index is 3360. The van der Waals surface area contributed by atoms with E-state index in [0.29, 0.717) is 28.1 Å². The summed E-state index contributed by atoms with van der Waals surface area (Å²) >= 11 is 1.55. The second-order valence-corrected chi connectivity index (χ2v) is 23.1. The average molecular weight is 1100 g/mol. The first-order chi connectivity index (χ1) is 36.6. The number of benzene rings is 2. The lowest BCUT2D eigenvalue weighted by Gasteiger charge is -2.35.